The molecule has 16 heavy (non-hydrogen) atoms. The van der Waals surface area contributed by atoms with Gasteiger partial charge in [-0.3, -0.25) is 0 Å². The lowest BCUT2D eigenvalue weighted by atomic mass is 9.92. The molecule has 3 rings (SSSR count). The normalized spacial score (nSPS) is 17.0. The van der Waals surface area contributed by atoms with Crippen LogP contribution in [-0.2, 0) is 0 Å². The Morgan fingerprint density at radius 1 is 0.875 bits per heavy atom. The summed E-state index contributed by atoms with van der Waals surface area (Å²) in [4.78, 5) is 0. The molecule has 2 aromatic carbocycles. The molecular formula is C15H16O. The fourth-order valence-electron chi connectivity index (χ4n) is 2.90. The maximum atomic E-state index is 9.84. The number of benzene rings is 2. The van der Waals surface area contributed by atoms with Crippen molar-refractivity contribution >= 4 is 10.8 Å². The molecular weight excluding hydrogens is 196 g/mol. The lowest BCUT2D eigenvalue weighted by Gasteiger charge is -2.13. The van der Waals surface area contributed by atoms with Crippen LogP contribution in [0.1, 0.15) is 37.2 Å². The van der Waals surface area contributed by atoms with Crippen LogP contribution < -0.4 is 0 Å². The van der Waals surface area contributed by atoms with E-state index in [0.29, 0.717) is 11.7 Å². The van der Waals surface area contributed by atoms with E-state index in [2.05, 4.69) is 18.2 Å². The largest absolute Gasteiger partial charge is 0.507 e. The summed E-state index contributed by atoms with van der Waals surface area (Å²) in [6, 6.07) is 12.1. The summed E-state index contributed by atoms with van der Waals surface area (Å²) >= 11 is 0. The van der Waals surface area contributed by atoms with Crippen molar-refractivity contribution < 1.29 is 5.11 Å². The van der Waals surface area contributed by atoms with Crippen molar-refractivity contribution in [3.8, 4) is 5.75 Å². The molecule has 0 saturated heterocycles. The zero-order valence-corrected chi connectivity index (χ0v) is 9.32. The Bertz CT molecular complexity index is 510. The van der Waals surface area contributed by atoms with Gasteiger partial charge in [0, 0.05) is 5.39 Å². The molecule has 82 valence electrons. The van der Waals surface area contributed by atoms with Crippen molar-refractivity contribution in [2.75, 3.05) is 0 Å². The maximum absolute atomic E-state index is 9.84. The lowest BCUT2D eigenvalue weighted by molar-refractivity contribution is 0.481. The standard InChI is InChI=1S/C15H16O/c16-15-10-9-12(11-5-1-2-6-11)13-7-3-4-8-14(13)15/h3-4,7-11,16H,1-2,5-6H2. The van der Waals surface area contributed by atoms with Crippen LogP contribution in [0.15, 0.2) is 36.4 Å². The number of fused-ring (bicyclic) bond motifs is 1. The van der Waals surface area contributed by atoms with Gasteiger partial charge in [0.2, 0.25) is 0 Å². The predicted octanol–water partition coefficient (Wildman–Crippen LogP) is 4.20. The van der Waals surface area contributed by atoms with Crippen molar-refractivity contribution in [2.45, 2.75) is 31.6 Å². The van der Waals surface area contributed by atoms with Gasteiger partial charge in [-0.15, -0.1) is 0 Å². The van der Waals surface area contributed by atoms with Gasteiger partial charge in [0.15, 0.2) is 0 Å². The van der Waals surface area contributed by atoms with Gasteiger partial charge in [-0.05, 0) is 35.8 Å². The SMILES string of the molecule is Oc1ccc(C2CCCC2)c2ccccc12. The zero-order valence-electron chi connectivity index (χ0n) is 9.32. The van der Waals surface area contributed by atoms with Crippen LogP contribution in [0.3, 0.4) is 0 Å². The Morgan fingerprint density at radius 2 is 1.56 bits per heavy atom. The zero-order chi connectivity index (χ0) is 11.0. The lowest BCUT2D eigenvalue weighted by Crippen LogP contribution is -1.93. The summed E-state index contributed by atoms with van der Waals surface area (Å²) in [6.07, 6.45) is 5.29. The van der Waals surface area contributed by atoms with Crippen molar-refractivity contribution in [3.63, 3.8) is 0 Å². The fraction of sp³-hybridized carbons (Fsp3) is 0.333. The van der Waals surface area contributed by atoms with Gasteiger partial charge in [0.25, 0.3) is 0 Å². The van der Waals surface area contributed by atoms with Crippen molar-refractivity contribution in [1.29, 1.82) is 0 Å². The number of rotatable bonds is 1. The Hall–Kier alpha value is -1.50. The molecule has 0 amide bonds. The maximum Gasteiger partial charge on any atom is 0.123 e. The van der Waals surface area contributed by atoms with E-state index in [-0.39, 0.29) is 0 Å². The number of phenols is 1. The van der Waals surface area contributed by atoms with E-state index in [1.165, 1.54) is 36.6 Å². The molecule has 0 atom stereocenters. The summed E-state index contributed by atoms with van der Waals surface area (Å²) in [6.45, 7) is 0. The van der Waals surface area contributed by atoms with Crippen LogP contribution in [0.25, 0.3) is 10.8 Å². The second-order valence-electron chi connectivity index (χ2n) is 4.70. The molecule has 2 aromatic rings. The molecule has 0 unspecified atom stereocenters. The van der Waals surface area contributed by atoms with E-state index in [0.717, 1.165) is 5.39 Å². The summed E-state index contributed by atoms with van der Waals surface area (Å²) in [7, 11) is 0. The second-order valence-corrected chi connectivity index (χ2v) is 4.70. The molecule has 0 aromatic heterocycles. The van der Waals surface area contributed by atoms with E-state index in [1.54, 1.807) is 0 Å². The fourth-order valence-corrected chi connectivity index (χ4v) is 2.90. The van der Waals surface area contributed by atoms with E-state index in [4.69, 9.17) is 0 Å². The quantitative estimate of drug-likeness (QED) is 0.751. The van der Waals surface area contributed by atoms with Crippen LogP contribution >= 0.6 is 0 Å². The molecule has 0 radical (unpaired) electrons. The van der Waals surface area contributed by atoms with Gasteiger partial charge < -0.3 is 5.11 Å². The Balaban J connectivity index is 2.21. The molecule has 0 spiro atoms. The third kappa shape index (κ3) is 1.47. The van der Waals surface area contributed by atoms with Crippen LogP contribution in [-0.4, -0.2) is 5.11 Å². The van der Waals surface area contributed by atoms with Crippen molar-refractivity contribution in [1.82, 2.24) is 0 Å². The highest BCUT2D eigenvalue weighted by molar-refractivity contribution is 5.91. The van der Waals surface area contributed by atoms with Gasteiger partial charge in [0.1, 0.15) is 5.75 Å². The van der Waals surface area contributed by atoms with E-state index in [1.807, 2.05) is 18.2 Å². The summed E-state index contributed by atoms with van der Waals surface area (Å²) in [5.74, 6) is 1.10. The first kappa shape index (κ1) is 9.71. The minimum absolute atomic E-state index is 0.400. The first-order valence-corrected chi connectivity index (χ1v) is 6.07. The molecule has 1 heteroatoms. The summed E-state index contributed by atoms with van der Waals surface area (Å²) < 4.78 is 0. The van der Waals surface area contributed by atoms with Crippen LogP contribution in [0, 0.1) is 0 Å². The molecule has 1 N–H and O–H groups in total. The number of hydrogen-bond acceptors (Lipinski definition) is 1. The molecule has 1 fully saturated rings. The highest BCUT2D eigenvalue weighted by atomic mass is 16.3. The van der Waals surface area contributed by atoms with Gasteiger partial charge in [-0.1, -0.05) is 43.2 Å². The van der Waals surface area contributed by atoms with Crippen molar-refractivity contribution in [3.05, 3.63) is 42.0 Å². The third-order valence-electron chi connectivity index (χ3n) is 3.73. The number of aromatic hydroxyl groups is 1. The average Bonchev–Trinajstić information content (AvgIpc) is 2.83. The van der Waals surface area contributed by atoms with Crippen molar-refractivity contribution in [2.24, 2.45) is 0 Å². The highest BCUT2D eigenvalue weighted by Gasteiger charge is 2.19. The van der Waals surface area contributed by atoms with E-state index in [9.17, 15) is 5.11 Å². The molecule has 1 aliphatic carbocycles. The second kappa shape index (κ2) is 3.82. The molecule has 1 nitrogen and oxygen atoms in total. The minimum atomic E-state index is 0.400. The third-order valence-corrected chi connectivity index (χ3v) is 3.73. The van der Waals surface area contributed by atoms with Gasteiger partial charge in [-0.2, -0.15) is 0 Å². The topological polar surface area (TPSA) is 20.2 Å². The molecule has 0 bridgehead atoms. The van der Waals surface area contributed by atoms with Crippen LogP contribution in [0.2, 0.25) is 0 Å². The Labute approximate surface area is 95.7 Å². The smallest absolute Gasteiger partial charge is 0.123 e. The molecule has 1 saturated carbocycles. The molecule has 0 aliphatic heterocycles. The Kier molecular flexibility index (Phi) is 2.32. The first-order valence-electron chi connectivity index (χ1n) is 6.07. The minimum Gasteiger partial charge on any atom is -0.507 e. The number of phenolic OH excluding ortho intramolecular Hbond substituents is 1. The average molecular weight is 212 g/mol. The Morgan fingerprint density at radius 3 is 2.31 bits per heavy atom. The first-order chi connectivity index (χ1) is 7.86. The van der Waals surface area contributed by atoms with E-state index >= 15 is 0 Å². The van der Waals surface area contributed by atoms with Crippen LogP contribution in [0.5, 0.6) is 5.75 Å². The summed E-state index contributed by atoms with van der Waals surface area (Å²) in [5, 5.41) is 12.1. The van der Waals surface area contributed by atoms with Gasteiger partial charge >= 0.3 is 0 Å². The highest BCUT2D eigenvalue weighted by Crippen LogP contribution is 2.39. The molecule has 1 aliphatic rings. The van der Waals surface area contributed by atoms with E-state index < -0.39 is 0 Å². The summed E-state index contributed by atoms with van der Waals surface area (Å²) in [5.41, 5.74) is 1.42. The molecule has 0 heterocycles. The monoisotopic (exact) mass is 212 g/mol. The van der Waals surface area contributed by atoms with Gasteiger partial charge in [-0.25, -0.2) is 0 Å². The van der Waals surface area contributed by atoms with Crippen LogP contribution in [0.4, 0.5) is 0 Å². The number of hydrogen-bond donors (Lipinski definition) is 1. The van der Waals surface area contributed by atoms with Gasteiger partial charge in [0.05, 0.1) is 0 Å². The predicted molar refractivity (Wildman–Crippen MR) is 66.8 cm³/mol.